The summed E-state index contributed by atoms with van der Waals surface area (Å²) in [4.78, 5) is 22.9. The zero-order valence-electron chi connectivity index (χ0n) is 11.4. The van der Waals surface area contributed by atoms with E-state index in [1.165, 1.54) is 6.92 Å². The third kappa shape index (κ3) is 3.94. The predicted molar refractivity (Wildman–Crippen MR) is 76.4 cm³/mol. The van der Waals surface area contributed by atoms with Crippen LogP contribution in [0.2, 0.25) is 0 Å². The molecule has 1 heterocycles. The number of hydrogen-bond donors (Lipinski definition) is 3. The van der Waals surface area contributed by atoms with Crippen LogP contribution in [0.4, 0.5) is 11.4 Å². The van der Waals surface area contributed by atoms with Crippen LogP contribution in [0.3, 0.4) is 0 Å². The van der Waals surface area contributed by atoms with Gasteiger partial charge in [-0.25, -0.2) is 0 Å². The van der Waals surface area contributed by atoms with Crippen molar-refractivity contribution in [2.75, 3.05) is 10.6 Å². The van der Waals surface area contributed by atoms with Gasteiger partial charge in [-0.1, -0.05) is 6.07 Å². The molecule has 0 aliphatic heterocycles. The molecule has 1 aromatic heterocycles. The Hall–Kier alpha value is -2.63. The van der Waals surface area contributed by atoms with Crippen LogP contribution in [0.25, 0.3) is 0 Å². The highest BCUT2D eigenvalue weighted by atomic mass is 16.2. The van der Waals surface area contributed by atoms with Gasteiger partial charge in [0.05, 0.1) is 12.1 Å². The Morgan fingerprint density at radius 3 is 2.50 bits per heavy atom. The molecular formula is C14H16N4O2. The molecule has 20 heavy (non-hydrogen) atoms. The molecule has 0 saturated heterocycles. The molecule has 0 atom stereocenters. The maximum absolute atomic E-state index is 11.9. The maximum Gasteiger partial charge on any atom is 0.230 e. The van der Waals surface area contributed by atoms with E-state index in [1.807, 2.05) is 13.0 Å². The Labute approximate surface area is 116 Å². The van der Waals surface area contributed by atoms with E-state index in [1.54, 1.807) is 24.3 Å². The summed E-state index contributed by atoms with van der Waals surface area (Å²) in [5.74, 6) is -0.308. The van der Waals surface area contributed by atoms with E-state index >= 15 is 0 Å². The molecule has 0 bridgehead atoms. The summed E-state index contributed by atoms with van der Waals surface area (Å²) < 4.78 is 0. The van der Waals surface area contributed by atoms with Gasteiger partial charge in [-0.2, -0.15) is 5.10 Å². The van der Waals surface area contributed by atoms with E-state index < -0.39 is 0 Å². The summed E-state index contributed by atoms with van der Waals surface area (Å²) in [6.45, 7) is 3.32. The summed E-state index contributed by atoms with van der Waals surface area (Å²) in [7, 11) is 0. The minimum atomic E-state index is -0.156. The minimum Gasteiger partial charge on any atom is -0.326 e. The second-order valence-electron chi connectivity index (χ2n) is 4.53. The molecule has 104 valence electrons. The normalized spacial score (nSPS) is 10.1. The molecule has 0 fully saturated rings. The van der Waals surface area contributed by atoms with Crippen LogP contribution in [0.15, 0.2) is 30.3 Å². The average Bonchev–Trinajstić information content (AvgIpc) is 2.74. The van der Waals surface area contributed by atoms with E-state index in [2.05, 4.69) is 20.8 Å². The number of aryl methyl sites for hydroxylation is 1. The lowest BCUT2D eigenvalue weighted by atomic mass is 10.2. The number of nitrogens with one attached hydrogen (secondary N) is 3. The number of H-pyrrole nitrogens is 1. The largest absolute Gasteiger partial charge is 0.326 e. The van der Waals surface area contributed by atoms with E-state index in [4.69, 9.17) is 0 Å². The summed E-state index contributed by atoms with van der Waals surface area (Å²) >= 11 is 0. The lowest BCUT2D eigenvalue weighted by molar-refractivity contribution is -0.116. The van der Waals surface area contributed by atoms with Gasteiger partial charge >= 0.3 is 0 Å². The molecule has 0 saturated carbocycles. The first-order chi connectivity index (χ1) is 9.52. The van der Waals surface area contributed by atoms with Gasteiger partial charge in [0.1, 0.15) is 0 Å². The van der Waals surface area contributed by atoms with Crippen LogP contribution in [0, 0.1) is 6.92 Å². The Bertz CT molecular complexity index is 634. The van der Waals surface area contributed by atoms with Crippen LogP contribution in [-0.4, -0.2) is 22.0 Å². The smallest absolute Gasteiger partial charge is 0.230 e. The number of carbonyl (C=O) groups is 2. The SMILES string of the molecule is CC(=O)Nc1cccc(NC(=O)Cc2cc(C)[nH]n2)c1. The van der Waals surface area contributed by atoms with Crippen LogP contribution in [-0.2, 0) is 16.0 Å². The fourth-order valence-corrected chi connectivity index (χ4v) is 1.81. The molecule has 1 aromatic carbocycles. The molecule has 6 heteroatoms. The van der Waals surface area contributed by atoms with Crippen LogP contribution < -0.4 is 10.6 Å². The van der Waals surface area contributed by atoms with Gasteiger partial charge in [0, 0.05) is 24.0 Å². The van der Waals surface area contributed by atoms with Gasteiger partial charge in [-0.05, 0) is 31.2 Å². The minimum absolute atomic E-state index is 0.152. The van der Waals surface area contributed by atoms with Gasteiger partial charge in [0.15, 0.2) is 0 Å². The summed E-state index contributed by atoms with van der Waals surface area (Å²) in [5, 5.41) is 12.2. The second kappa shape index (κ2) is 6.01. The molecule has 0 aliphatic carbocycles. The summed E-state index contributed by atoms with van der Waals surface area (Å²) in [6.07, 6.45) is 0.203. The highest BCUT2D eigenvalue weighted by molar-refractivity contribution is 5.94. The highest BCUT2D eigenvalue weighted by Gasteiger charge is 2.07. The van der Waals surface area contributed by atoms with Crippen LogP contribution >= 0.6 is 0 Å². The molecule has 0 spiro atoms. The second-order valence-corrected chi connectivity index (χ2v) is 4.53. The maximum atomic E-state index is 11.9. The number of carbonyl (C=O) groups excluding carboxylic acids is 2. The Morgan fingerprint density at radius 2 is 1.90 bits per heavy atom. The first-order valence-corrected chi connectivity index (χ1v) is 6.21. The monoisotopic (exact) mass is 272 g/mol. The molecule has 3 N–H and O–H groups in total. The number of aromatic nitrogens is 2. The van der Waals surface area contributed by atoms with Crippen molar-refractivity contribution in [1.29, 1.82) is 0 Å². The third-order valence-corrected chi connectivity index (χ3v) is 2.57. The fraction of sp³-hybridized carbons (Fsp3) is 0.214. The van der Waals surface area contributed by atoms with Crippen molar-refractivity contribution in [2.45, 2.75) is 20.3 Å². The number of aromatic amines is 1. The van der Waals surface area contributed by atoms with Crippen LogP contribution in [0.5, 0.6) is 0 Å². The van der Waals surface area contributed by atoms with Crippen molar-refractivity contribution in [3.05, 3.63) is 41.7 Å². The molecule has 0 radical (unpaired) electrons. The molecule has 2 amide bonds. The van der Waals surface area contributed by atoms with Gasteiger partial charge in [-0.15, -0.1) is 0 Å². The van der Waals surface area contributed by atoms with E-state index in [0.29, 0.717) is 17.1 Å². The third-order valence-electron chi connectivity index (χ3n) is 2.57. The number of amides is 2. The van der Waals surface area contributed by atoms with Crippen molar-refractivity contribution < 1.29 is 9.59 Å². The molecule has 0 unspecified atom stereocenters. The average molecular weight is 272 g/mol. The quantitative estimate of drug-likeness (QED) is 0.794. The predicted octanol–water partition coefficient (Wildman–Crippen LogP) is 1.86. The van der Waals surface area contributed by atoms with Gasteiger partial charge in [-0.3, -0.25) is 14.7 Å². The number of anilines is 2. The number of hydrogen-bond acceptors (Lipinski definition) is 3. The lowest BCUT2D eigenvalue weighted by Crippen LogP contribution is -2.15. The van der Waals surface area contributed by atoms with Crippen molar-refractivity contribution in [3.8, 4) is 0 Å². The fourth-order valence-electron chi connectivity index (χ4n) is 1.81. The zero-order valence-corrected chi connectivity index (χ0v) is 11.4. The van der Waals surface area contributed by atoms with Gasteiger partial charge in [0.2, 0.25) is 11.8 Å². The number of nitrogens with zero attached hydrogens (tertiary/aromatic N) is 1. The Balaban J connectivity index is 1.98. The van der Waals surface area contributed by atoms with Gasteiger partial charge < -0.3 is 10.6 Å². The molecular weight excluding hydrogens is 256 g/mol. The zero-order chi connectivity index (χ0) is 14.5. The Kier molecular flexibility index (Phi) is 4.14. The summed E-state index contributed by atoms with van der Waals surface area (Å²) in [6, 6.07) is 8.81. The first kappa shape index (κ1) is 13.8. The molecule has 6 nitrogen and oxygen atoms in total. The van der Waals surface area contributed by atoms with E-state index in [9.17, 15) is 9.59 Å². The topological polar surface area (TPSA) is 86.9 Å². The van der Waals surface area contributed by atoms with Crippen LogP contribution in [0.1, 0.15) is 18.3 Å². The molecule has 0 aliphatic rings. The molecule has 2 rings (SSSR count). The lowest BCUT2D eigenvalue weighted by Gasteiger charge is -2.07. The van der Waals surface area contributed by atoms with Crippen molar-refractivity contribution in [1.82, 2.24) is 10.2 Å². The number of benzene rings is 1. The van der Waals surface area contributed by atoms with Crippen molar-refractivity contribution >= 4 is 23.2 Å². The first-order valence-electron chi connectivity index (χ1n) is 6.21. The Morgan fingerprint density at radius 1 is 1.20 bits per heavy atom. The highest BCUT2D eigenvalue weighted by Crippen LogP contribution is 2.15. The molecule has 2 aromatic rings. The summed E-state index contributed by atoms with van der Waals surface area (Å²) in [5.41, 5.74) is 2.89. The van der Waals surface area contributed by atoms with E-state index in [-0.39, 0.29) is 18.2 Å². The van der Waals surface area contributed by atoms with Gasteiger partial charge in [0.25, 0.3) is 0 Å². The van der Waals surface area contributed by atoms with E-state index in [0.717, 1.165) is 5.69 Å². The van der Waals surface area contributed by atoms with Crippen molar-refractivity contribution in [3.63, 3.8) is 0 Å². The van der Waals surface area contributed by atoms with Crippen molar-refractivity contribution in [2.24, 2.45) is 0 Å². The number of rotatable bonds is 4. The standard InChI is InChI=1S/C14H16N4O2/c1-9-6-13(18-17-9)8-14(20)16-12-5-3-4-11(7-12)15-10(2)19/h3-7H,8H2,1-2H3,(H,15,19)(H,16,20)(H,17,18).